The van der Waals surface area contributed by atoms with Gasteiger partial charge < -0.3 is 19.7 Å². The average Bonchev–Trinajstić information content (AvgIpc) is 3.62. The maximum Gasteiger partial charge on any atom is 0.438 e. The molecular formula is C37H46ClN4O7+. The number of β-lactam (4-membered cyclic amide) rings is 1. The molecule has 0 bridgehead atoms. The number of carbonyl (C=O) groups excluding carboxylic acids is 5. The van der Waals surface area contributed by atoms with Crippen molar-refractivity contribution in [1.82, 2.24) is 15.1 Å². The van der Waals surface area contributed by atoms with Crippen molar-refractivity contribution >= 4 is 41.3 Å². The standard InChI is InChI=1S/C37H45ClN4O7/c1-8-37(49-27-16-15-22(3)19-23(27)4)33(46)39-36(37)18-17-25(38)26(20-36)41(35(5,6)7)29(43)28-31(44)42(28)32(45)30(48-9-2)40(34(42)47)21-24-13-11-10-12-14-24/h10-16,19,25-26,28,30H,8-9,17-18,20-21H2,1-7H3/p+1. The molecule has 7 unspecified atom stereocenters. The van der Waals surface area contributed by atoms with Crippen LogP contribution in [0.15, 0.2) is 48.5 Å². The molecule has 6 rings (SSSR count). The fourth-order valence-electron chi connectivity index (χ4n) is 8.34. The molecule has 49 heavy (non-hydrogen) atoms. The molecule has 3 saturated heterocycles. The van der Waals surface area contributed by atoms with Gasteiger partial charge in [-0.1, -0.05) is 59.4 Å². The third-order valence-corrected chi connectivity index (χ3v) is 11.3. The fourth-order valence-corrected chi connectivity index (χ4v) is 8.65. The molecular weight excluding hydrogens is 648 g/mol. The number of hydrogen-bond acceptors (Lipinski definition) is 7. The zero-order valence-corrected chi connectivity index (χ0v) is 30.0. The van der Waals surface area contributed by atoms with E-state index in [0.29, 0.717) is 25.0 Å². The van der Waals surface area contributed by atoms with Crippen molar-refractivity contribution in [3.05, 3.63) is 65.2 Å². The predicted molar refractivity (Wildman–Crippen MR) is 181 cm³/mol. The Labute approximate surface area is 292 Å². The second-order valence-electron chi connectivity index (χ2n) is 14.8. The van der Waals surface area contributed by atoms with Crippen molar-refractivity contribution < 1.29 is 37.9 Å². The molecule has 1 aliphatic carbocycles. The highest BCUT2D eigenvalue weighted by atomic mass is 35.5. The third-order valence-electron chi connectivity index (χ3n) is 10.8. The average molecular weight is 694 g/mol. The Bertz CT molecular complexity index is 1710. The van der Waals surface area contributed by atoms with Crippen LogP contribution in [0.3, 0.4) is 0 Å². The molecule has 11 nitrogen and oxygen atoms in total. The number of benzene rings is 2. The summed E-state index contributed by atoms with van der Waals surface area (Å²) in [6.45, 7) is 13.2. The van der Waals surface area contributed by atoms with Crippen molar-refractivity contribution in [3.8, 4) is 5.75 Å². The first-order chi connectivity index (χ1) is 23.1. The molecule has 3 aliphatic heterocycles. The van der Waals surface area contributed by atoms with Crippen molar-refractivity contribution in [2.45, 2.75) is 121 Å². The summed E-state index contributed by atoms with van der Waals surface area (Å²) in [5.74, 6) is -1.80. The number of amides is 6. The van der Waals surface area contributed by atoms with Gasteiger partial charge in [-0.2, -0.15) is 0 Å². The fraction of sp³-hybridized carbons (Fsp3) is 0.541. The van der Waals surface area contributed by atoms with Crippen LogP contribution in [0.1, 0.15) is 77.0 Å². The normalized spacial score (nSPS) is 32.4. The van der Waals surface area contributed by atoms with E-state index < -0.39 is 68.6 Å². The molecule has 3 heterocycles. The Morgan fingerprint density at radius 1 is 1.06 bits per heavy atom. The number of imide groups is 3. The van der Waals surface area contributed by atoms with E-state index in [1.807, 2.05) is 90.1 Å². The SMILES string of the molecule is CCOC1C(=O)[N+]2(C(=O)C2C(=O)N(C2CC3(CCC2Cl)NC(=O)C3(CC)Oc2ccc(C)cc2C)C(C)(C)C)C(=O)N1Cc1ccccc1. The van der Waals surface area contributed by atoms with Crippen LogP contribution in [0.4, 0.5) is 4.79 Å². The van der Waals surface area contributed by atoms with Gasteiger partial charge in [-0.25, -0.2) is 19.3 Å². The summed E-state index contributed by atoms with van der Waals surface area (Å²) in [4.78, 5) is 72.9. The molecule has 1 N–H and O–H groups in total. The largest absolute Gasteiger partial charge is 0.475 e. The van der Waals surface area contributed by atoms with Crippen LogP contribution >= 0.6 is 11.6 Å². The molecule has 2 aromatic rings. The van der Waals surface area contributed by atoms with E-state index in [9.17, 15) is 24.0 Å². The number of halogens is 1. The molecule has 12 heteroatoms. The molecule has 6 amide bonds. The lowest BCUT2D eigenvalue weighted by Gasteiger charge is -2.62. The van der Waals surface area contributed by atoms with Crippen molar-refractivity contribution in [2.24, 2.45) is 0 Å². The Balaban J connectivity index is 1.33. The number of nitrogens with zero attached hydrogens (tertiary/aromatic N) is 3. The molecule has 2 aromatic carbocycles. The van der Waals surface area contributed by atoms with Gasteiger partial charge in [0.1, 0.15) is 5.75 Å². The highest BCUT2D eigenvalue weighted by Gasteiger charge is 2.88. The van der Waals surface area contributed by atoms with E-state index in [1.165, 1.54) is 4.90 Å². The van der Waals surface area contributed by atoms with Gasteiger partial charge in [-0.05, 0) is 84.4 Å². The van der Waals surface area contributed by atoms with E-state index in [2.05, 4.69) is 5.32 Å². The number of urea groups is 1. The van der Waals surface area contributed by atoms with Gasteiger partial charge in [0.2, 0.25) is 5.60 Å². The molecule has 2 spiro atoms. The Morgan fingerprint density at radius 3 is 2.35 bits per heavy atom. The van der Waals surface area contributed by atoms with Crippen molar-refractivity contribution in [1.29, 1.82) is 0 Å². The summed E-state index contributed by atoms with van der Waals surface area (Å²) in [7, 11) is 0. The molecule has 0 radical (unpaired) electrons. The van der Waals surface area contributed by atoms with Gasteiger partial charge in [-0.3, -0.25) is 9.59 Å². The molecule has 4 aliphatic rings. The predicted octanol–water partition coefficient (Wildman–Crippen LogP) is 4.74. The summed E-state index contributed by atoms with van der Waals surface area (Å²) >= 11 is 7.06. The van der Waals surface area contributed by atoms with Crippen LogP contribution in [0.5, 0.6) is 5.75 Å². The summed E-state index contributed by atoms with van der Waals surface area (Å²) in [6, 6.07) is 11.9. The zero-order chi connectivity index (χ0) is 35.7. The van der Waals surface area contributed by atoms with Gasteiger partial charge >= 0.3 is 23.9 Å². The summed E-state index contributed by atoms with van der Waals surface area (Å²) in [6.07, 6.45) is 0.323. The van der Waals surface area contributed by atoms with Gasteiger partial charge in [0.25, 0.3) is 18.0 Å². The van der Waals surface area contributed by atoms with Gasteiger partial charge in [-0.15, -0.1) is 11.6 Å². The lowest BCUT2D eigenvalue weighted by atomic mass is 9.60. The minimum absolute atomic E-state index is 0.0431. The second kappa shape index (κ2) is 12.2. The Morgan fingerprint density at radius 2 is 1.76 bits per heavy atom. The van der Waals surface area contributed by atoms with E-state index in [0.717, 1.165) is 16.7 Å². The van der Waals surface area contributed by atoms with Crippen LogP contribution < -0.4 is 10.1 Å². The zero-order valence-electron chi connectivity index (χ0n) is 29.2. The van der Waals surface area contributed by atoms with E-state index in [-0.39, 0.29) is 25.5 Å². The highest BCUT2D eigenvalue weighted by Crippen LogP contribution is 2.52. The van der Waals surface area contributed by atoms with Gasteiger partial charge in [0, 0.05) is 12.1 Å². The maximum atomic E-state index is 14.7. The third kappa shape index (κ3) is 5.19. The first-order valence-electron chi connectivity index (χ1n) is 17.1. The van der Waals surface area contributed by atoms with Crippen LogP contribution in [-0.4, -0.2) is 90.9 Å². The highest BCUT2D eigenvalue weighted by molar-refractivity contribution is 6.24. The summed E-state index contributed by atoms with van der Waals surface area (Å²) in [5.41, 5.74) is -0.185. The van der Waals surface area contributed by atoms with E-state index in [4.69, 9.17) is 21.1 Å². The smallest absolute Gasteiger partial charge is 0.438 e. The summed E-state index contributed by atoms with van der Waals surface area (Å²) in [5, 5.41) is 2.62. The Kier molecular flexibility index (Phi) is 8.73. The first kappa shape index (κ1) is 35.0. The lowest BCUT2D eigenvalue weighted by molar-refractivity contribution is -0.597. The molecule has 0 aromatic heterocycles. The van der Waals surface area contributed by atoms with Gasteiger partial charge in [0.15, 0.2) is 0 Å². The minimum atomic E-state index is -1.55. The molecule has 4 fully saturated rings. The number of rotatable bonds is 9. The number of hydrogen-bond donors (Lipinski definition) is 1. The van der Waals surface area contributed by atoms with Crippen LogP contribution in [0.25, 0.3) is 0 Å². The molecule has 262 valence electrons. The first-order valence-corrected chi connectivity index (χ1v) is 17.5. The number of ether oxygens (including phenoxy) is 2. The summed E-state index contributed by atoms with van der Waals surface area (Å²) < 4.78 is 11.1. The lowest BCUT2D eigenvalue weighted by Crippen LogP contribution is -2.85. The number of nitrogens with one attached hydrogen (secondary N) is 1. The van der Waals surface area contributed by atoms with E-state index in [1.54, 1.807) is 11.8 Å². The van der Waals surface area contributed by atoms with Crippen LogP contribution in [0.2, 0.25) is 0 Å². The maximum absolute atomic E-state index is 14.7. The molecule has 1 saturated carbocycles. The quantitative estimate of drug-likeness (QED) is 0.0766. The topological polar surface area (TPSA) is 122 Å². The van der Waals surface area contributed by atoms with Crippen molar-refractivity contribution in [2.75, 3.05) is 6.61 Å². The van der Waals surface area contributed by atoms with Crippen LogP contribution in [-0.2, 0) is 30.5 Å². The second-order valence-corrected chi connectivity index (χ2v) is 15.4. The number of carbonyl (C=O) groups is 5. The number of alkyl halides is 1. The monoisotopic (exact) mass is 693 g/mol. The minimum Gasteiger partial charge on any atom is -0.475 e. The van der Waals surface area contributed by atoms with Crippen LogP contribution in [0, 0.1) is 13.8 Å². The number of aryl methyl sites for hydroxylation is 2. The van der Waals surface area contributed by atoms with E-state index >= 15 is 0 Å². The molecule has 7 atom stereocenters. The van der Waals surface area contributed by atoms with Crippen molar-refractivity contribution in [3.63, 3.8) is 0 Å². The number of quaternary nitrogens is 1. The van der Waals surface area contributed by atoms with Gasteiger partial charge in [0.05, 0.1) is 23.5 Å². The Hall–Kier alpha value is -3.80.